The number of Topliss-reactive ketones (excluding diaryl/α,β-unsaturated/α-hetero) is 1. The molecule has 26 heavy (non-hydrogen) atoms. The number of thioether (sulfide) groups is 1. The molecule has 2 aromatic rings. The lowest BCUT2D eigenvalue weighted by molar-refractivity contribution is -0.115. The largest absolute Gasteiger partial charge is 0.325 e. The summed E-state index contributed by atoms with van der Waals surface area (Å²) in [6.07, 6.45) is 0. The lowest BCUT2D eigenvalue weighted by Gasteiger charge is -2.14. The molecule has 0 unspecified atom stereocenters. The lowest BCUT2D eigenvalue weighted by atomic mass is 10.1. The van der Waals surface area contributed by atoms with Crippen LogP contribution >= 0.6 is 11.8 Å². The fraction of sp³-hybridized carbons (Fsp3) is 0.176. The van der Waals surface area contributed by atoms with E-state index >= 15 is 0 Å². The first kappa shape index (κ1) is 19.9. The van der Waals surface area contributed by atoms with Crippen LogP contribution in [0.3, 0.4) is 0 Å². The maximum atomic E-state index is 13.7. The Bertz CT molecular complexity index is 841. The number of halogens is 5. The van der Waals surface area contributed by atoms with E-state index in [4.69, 9.17) is 0 Å². The molecule has 0 fully saturated rings. The summed E-state index contributed by atoms with van der Waals surface area (Å²) >= 11 is 0.206. The second-order valence-electron chi connectivity index (χ2n) is 5.28. The second-order valence-corrected chi connectivity index (χ2v) is 6.63. The first-order valence-electron chi connectivity index (χ1n) is 7.23. The monoisotopic (exact) mass is 389 g/mol. The van der Waals surface area contributed by atoms with Gasteiger partial charge in [-0.05, 0) is 38.1 Å². The Morgan fingerprint density at radius 3 is 1.81 bits per heavy atom. The van der Waals surface area contributed by atoms with Crippen molar-refractivity contribution < 1.29 is 31.5 Å². The zero-order valence-electron chi connectivity index (χ0n) is 13.5. The minimum Gasteiger partial charge on any atom is -0.325 e. The van der Waals surface area contributed by atoms with Crippen molar-refractivity contribution in [1.29, 1.82) is 0 Å². The summed E-state index contributed by atoms with van der Waals surface area (Å²) in [6.45, 7) is 2.62. The number of hydrogen-bond donors (Lipinski definition) is 1. The molecule has 9 heteroatoms. The molecule has 0 aliphatic rings. The van der Waals surface area contributed by atoms with Crippen LogP contribution in [0.15, 0.2) is 29.2 Å². The van der Waals surface area contributed by atoms with E-state index in [1.807, 2.05) is 0 Å². The predicted molar refractivity (Wildman–Crippen MR) is 86.6 cm³/mol. The Morgan fingerprint density at radius 2 is 1.35 bits per heavy atom. The number of rotatable bonds is 5. The molecule has 0 saturated heterocycles. The molecule has 0 aliphatic carbocycles. The molecule has 0 spiro atoms. The fourth-order valence-corrected chi connectivity index (χ4v) is 2.86. The van der Waals surface area contributed by atoms with Crippen LogP contribution in [0.5, 0.6) is 0 Å². The van der Waals surface area contributed by atoms with Gasteiger partial charge in [0, 0.05) is 11.3 Å². The average Bonchev–Trinajstić information content (AvgIpc) is 2.62. The van der Waals surface area contributed by atoms with E-state index in [9.17, 15) is 31.5 Å². The SMILES string of the molecule is CC(=O)c1ccc(NC(=O)[C@@H](C)Sc2c(F)c(F)c(F)c(F)c2F)cc1. The Balaban J connectivity index is 2.16. The Morgan fingerprint density at radius 1 is 0.885 bits per heavy atom. The van der Waals surface area contributed by atoms with Gasteiger partial charge in [-0.3, -0.25) is 9.59 Å². The molecule has 2 rings (SSSR count). The molecule has 0 radical (unpaired) electrons. The molecule has 0 aliphatic heterocycles. The van der Waals surface area contributed by atoms with Crippen LogP contribution in [0.2, 0.25) is 0 Å². The van der Waals surface area contributed by atoms with Gasteiger partial charge >= 0.3 is 0 Å². The quantitative estimate of drug-likeness (QED) is 0.265. The van der Waals surface area contributed by atoms with Crippen LogP contribution in [-0.4, -0.2) is 16.9 Å². The first-order valence-corrected chi connectivity index (χ1v) is 8.11. The van der Waals surface area contributed by atoms with Crippen molar-refractivity contribution in [3.05, 3.63) is 58.9 Å². The Labute approximate surface area is 149 Å². The van der Waals surface area contributed by atoms with Gasteiger partial charge in [-0.15, -0.1) is 11.8 Å². The molecule has 0 saturated carbocycles. The third-order valence-electron chi connectivity index (χ3n) is 3.39. The van der Waals surface area contributed by atoms with E-state index < -0.39 is 45.1 Å². The predicted octanol–water partition coefficient (Wildman–Crippen LogP) is 4.70. The van der Waals surface area contributed by atoms with Crippen molar-refractivity contribution >= 4 is 29.1 Å². The van der Waals surface area contributed by atoms with Crippen LogP contribution in [-0.2, 0) is 4.79 Å². The van der Waals surface area contributed by atoms with Gasteiger partial charge in [0.05, 0.1) is 10.1 Å². The van der Waals surface area contributed by atoms with Crippen molar-refractivity contribution in [2.24, 2.45) is 0 Å². The van der Waals surface area contributed by atoms with Crippen LogP contribution in [0.4, 0.5) is 27.6 Å². The standard InChI is InChI=1S/C17H12F5NO2S/c1-7(24)9-3-5-10(6-4-9)23-17(25)8(2)26-16-14(21)12(19)11(18)13(20)15(16)22/h3-6,8H,1-2H3,(H,23,25)/t8-/m1/s1. The van der Waals surface area contributed by atoms with E-state index in [1.54, 1.807) is 0 Å². The topological polar surface area (TPSA) is 46.2 Å². The third kappa shape index (κ3) is 4.04. The number of benzene rings is 2. The van der Waals surface area contributed by atoms with Crippen molar-refractivity contribution in [2.75, 3.05) is 5.32 Å². The average molecular weight is 389 g/mol. The van der Waals surface area contributed by atoms with Gasteiger partial charge in [-0.2, -0.15) is 0 Å². The highest BCUT2D eigenvalue weighted by molar-refractivity contribution is 8.00. The Hall–Kier alpha value is -2.42. The number of amides is 1. The highest BCUT2D eigenvalue weighted by atomic mass is 32.2. The summed E-state index contributed by atoms with van der Waals surface area (Å²) in [7, 11) is 0. The molecule has 138 valence electrons. The maximum Gasteiger partial charge on any atom is 0.237 e. The molecule has 0 bridgehead atoms. The van der Waals surface area contributed by atoms with Gasteiger partial charge in [-0.1, -0.05) is 0 Å². The molecule has 2 aromatic carbocycles. The first-order chi connectivity index (χ1) is 12.1. The van der Waals surface area contributed by atoms with Crippen LogP contribution in [0.25, 0.3) is 0 Å². The molecular weight excluding hydrogens is 377 g/mol. The van der Waals surface area contributed by atoms with E-state index in [-0.39, 0.29) is 17.5 Å². The second kappa shape index (κ2) is 7.86. The lowest BCUT2D eigenvalue weighted by Crippen LogP contribution is -2.23. The zero-order chi connectivity index (χ0) is 19.6. The molecule has 3 nitrogen and oxygen atoms in total. The van der Waals surface area contributed by atoms with Crippen molar-refractivity contribution in [3.63, 3.8) is 0 Å². The highest BCUT2D eigenvalue weighted by Gasteiger charge is 2.28. The van der Waals surface area contributed by atoms with Gasteiger partial charge in [0.2, 0.25) is 11.7 Å². The molecule has 0 aromatic heterocycles. The maximum absolute atomic E-state index is 13.7. The molecule has 1 atom stereocenters. The van der Waals surface area contributed by atoms with Gasteiger partial charge in [-0.25, -0.2) is 22.0 Å². The Kier molecular flexibility index (Phi) is 6.01. The van der Waals surface area contributed by atoms with Gasteiger partial charge in [0.15, 0.2) is 29.1 Å². The number of hydrogen-bond acceptors (Lipinski definition) is 3. The number of nitrogens with one attached hydrogen (secondary N) is 1. The number of ketones is 1. The van der Waals surface area contributed by atoms with Crippen LogP contribution < -0.4 is 5.32 Å². The van der Waals surface area contributed by atoms with E-state index in [0.29, 0.717) is 11.3 Å². The summed E-state index contributed by atoms with van der Waals surface area (Å²) in [5.41, 5.74) is 0.733. The highest BCUT2D eigenvalue weighted by Crippen LogP contribution is 2.33. The minimum atomic E-state index is -2.26. The third-order valence-corrected chi connectivity index (χ3v) is 4.55. The fourth-order valence-electron chi connectivity index (χ4n) is 1.95. The summed E-state index contributed by atoms with van der Waals surface area (Å²) in [4.78, 5) is 22.1. The van der Waals surface area contributed by atoms with Gasteiger partial charge < -0.3 is 5.32 Å². The molecule has 1 amide bonds. The van der Waals surface area contributed by atoms with Gasteiger partial charge in [0.25, 0.3) is 0 Å². The molecule has 0 heterocycles. The van der Waals surface area contributed by atoms with Crippen LogP contribution in [0, 0.1) is 29.1 Å². The zero-order valence-corrected chi connectivity index (χ0v) is 14.3. The number of carbonyl (C=O) groups excluding carboxylic acids is 2. The molecular formula is C17H12F5NO2S. The van der Waals surface area contributed by atoms with E-state index in [1.165, 1.54) is 38.1 Å². The van der Waals surface area contributed by atoms with E-state index in [0.717, 1.165) is 0 Å². The van der Waals surface area contributed by atoms with Crippen LogP contribution in [0.1, 0.15) is 24.2 Å². The minimum absolute atomic E-state index is 0.168. The number of anilines is 1. The summed E-state index contributed by atoms with van der Waals surface area (Å²) < 4.78 is 66.8. The van der Waals surface area contributed by atoms with E-state index in [2.05, 4.69) is 5.32 Å². The van der Waals surface area contributed by atoms with Crippen molar-refractivity contribution in [3.8, 4) is 0 Å². The summed E-state index contributed by atoms with van der Waals surface area (Å²) in [5, 5.41) is 1.27. The summed E-state index contributed by atoms with van der Waals surface area (Å²) in [6, 6.07) is 5.84. The normalized spacial score (nSPS) is 12.0. The van der Waals surface area contributed by atoms with Crippen molar-refractivity contribution in [1.82, 2.24) is 0 Å². The van der Waals surface area contributed by atoms with Crippen molar-refractivity contribution in [2.45, 2.75) is 24.0 Å². The summed E-state index contributed by atoms with van der Waals surface area (Å²) in [5.74, 6) is -11.3. The smallest absolute Gasteiger partial charge is 0.237 e. The molecule has 1 N–H and O–H groups in total. The number of carbonyl (C=O) groups is 2. The van der Waals surface area contributed by atoms with Gasteiger partial charge in [0.1, 0.15) is 0 Å².